The van der Waals surface area contributed by atoms with Gasteiger partial charge in [0, 0.05) is 6.08 Å². The summed E-state index contributed by atoms with van der Waals surface area (Å²) >= 11 is 0. The highest BCUT2D eigenvalue weighted by Crippen LogP contribution is 2.11. The molecule has 0 aliphatic rings. The lowest BCUT2D eigenvalue weighted by Crippen LogP contribution is -2.16. The molecule has 1 atom stereocenters. The van der Waals surface area contributed by atoms with E-state index >= 15 is 0 Å². The molecular weight excluding hydrogens is 176 g/mol. The van der Waals surface area contributed by atoms with Crippen molar-refractivity contribution in [2.75, 3.05) is 0 Å². The van der Waals surface area contributed by atoms with Crippen molar-refractivity contribution in [1.29, 1.82) is 0 Å². The topological polar surface area (TPSA) is 26.3 Å². The van der Waals surface area contributed by atoms with Crippen LogP contribution in [0.15, 0.2) is 12.2 Å². The van der Waals surface area contributed by atoms with Gasteiger partial charge in [-0.25, -0.2) is 4.79 Å². The zero-order valence-corrected chi connectivity index (χ0v) is 9.29. The van der Waals surface area contributed by atoms with Crippen molar-refractivity contribution in [3.05, 3.63) is 19.1 Å². The Morgan fingerprint density at radius 3 is 2.71 bits per heavy atom. The lowest BCUT2D eigenvalue weighted by molar-refractivity contribution is -0.143. The summed E-state index contributed by atoms with van der Waals surface area (Å²) in [5.41, 5.74) is 0. The van der Waals surface area contributed by atoms with E-state index in [0.717, 1.165) is 32.1 Å². The molecule has 0 heterocycles. The van der Waals surface area contributed by atoms with Gasteiger partial charge in [0.05, 0.1) is 0 Å². The predicted octanol–water partition coefficient (Wildman–Crippen LogP) is 3.28. The van der Waals surface area contributed by atoms with Crippen LogP contribution in [0.1, 0.15) is 46.0 Å². The third kappa shape index (κ3) is 6.70. The van der Waals surface area contributed by atoms with Crippen LogP contribution in [0.2, 0.25) is 0 Å². The van der Waals surface area contributed by atoms with Gasteiger partial charge in [0.25, 0.3) is 0 Å². The van der Waals surface area contributed by atoms with E-state index in [-0.39, 0.29) is 12.1 Å². The second-order valence-electron chi connectivity index (χ2n) is 3.34. The van der Waals surface area contributed by atoms with Gasteiger partial charge in [0.1, 0.15) is 6.10 Å². The number of rotatable bonds is 7. The van der Waals surface area contributed by atoms with Crippen LogP contribution in [-0.4, -0.2) is 12.1 Å². The second kappa shape index (κ2) is 8.79. The van der Waals surface area contributed by atoms with Crippen LogP contribution in [-0.2, 0) is 9.53 Å². The normalized spacial score (nSPS) is 13.1. The van der Waals surface area contributed by atoms with Gasteiger partial charge in [0.2, 0.25) is 0 Å². The molecule has 0 amide bonds. The quantitative estimate of drug-likeness (QED) is 0.462. The maximum Gasteiger partial charge on any atom is 0.330 e. The Labute approximate surface area is 87.3 Å². The van der Waals surface area contributed by atoms with Gasteiger partial charge in [0.15, 0.2) is 0 Å². The maximum absolute atomic E-state index is 11.2. The van der Waals surface area contributed by atoms with E-state index in [4.69, 9.17) is 4.74 Å². The van der Waals surface area contributed by atoms with Gasteiger partial charge in [-0.05, 0) is 26.2 Å². The molecule has 81 valence electrons. The van der Waals surface area contributed by atoms with Gasteiger partial charge in [-0.15, -0.1) is 0 Å². The summed E-state index contributed by atoms with van der Waals surface area (Å²) in [6.45, 7) is 7.72. The molecule has 0 aromatic rings. The summed E-state index contributed by atoms with van der Waals surface area (Å²) in [5, 5.41) is 0. The summed E-state index contributed by atoms with van der Waals surface area (Å²) in [7, 11) is 0. The van der Waals surface area contributed by atoms with Crippen molar-refractivity contribution < 1.29 is 9.53 Å². The largest absolute Gasteiger partial charge is 0.459 e. The molecule has 2 heteroatoms. The standard InChI is InChI=1S/C12H21O2/c1-4-7-10-11(8-5-2)14-12(13)9-6-3/h6,9,11H,2,4-5,7-8,10H2,1,3H3. The first-order chi connectivity index (χ1) is 6.74. The fourth-order valence-electron chi connectivity index (χ4n) is 1.26. The van der Waals surface area contributed by atoms with Gasteiger partial charge < -0.3 is 4.74 Å². The minimum Gasteiger partial charge on any atom is -0.459 e. The molecule has 0 fully saturated rings. The van der Waals surface area contributed by atoms with E-state index in [0.29, 0.717) is 0 Å². The van der Waals surface area contributed by atoms with Crippen LogP contribution in [0.3, 0.4) is 0 Å². The molecule has 1 unspecified atom stereocenters. The third-order valence-electron chi connectivity index (χ3n) is 1.99. The average Bonchev–Trinajstić information content (AvgIpc) is 2.15. The maximum atomic E-state index is 11.2. The van der Waals surface area contributed by atoms with E-state index in [1.54, 1.807) is 6.08 Å². The van der Waals surface area contributed by atoms with Crippen LogP contribution in [0, 0.1) is 6.92 Å². The molecule has 14 heavy (non-hydrogen) atoms. The number of unbranched alkanes of at least 4 members (excludes halogenated alkanes) is 1. The van der Waals surface area contributed by atoms with E-state index in [9.17, 15) is 4.79 Å². The highest BCUT2D eigenvalue weighted by Gasteiger charge is 2.10. The number of carbonyl (C=O) groups is 1. The number of allylic oxidation sites excluding steroid dienone is 1. The molecule has 0 N–H and O–H groups in total. The van der Waals surface area contributed by atoms with Crippen molar-refractivity contribution in [3.63, 3.8) is 0 Å². The molecule has 0 bridgehead atoms. The average molecular weight is 197 g/mol. The number of ether oxygens (including phenoxy) is 1. The smallest absolute Gasteiger partial charge is 0.330 e. The van der Waals surface area contributed by atoms with Crippen molar-refractivity contribution in [2.45, 2.75) is 52.1 Å². The highest BCUT2D eigenvalue weighted by atomic mass is 16.5. The summed E-state index contributed by atoms with van der Waals surface area (Å²) in [6.07, 6.45) is 8.08. The Balaban J connectivity index is 3.87. The van der Waals surface area contributed by atoms with Gasteiger partial charge in [-0.1, -0.05) is 32.8 Å². The fourth-order valence-corrected chi connectivity index (χ4v) is 1.26. The zero-order chi connectivity index (χ0) is 10.8. The number of carbonyl (C=O) groups excluding carboxylic acids is 1. The molecular formula is C12H21O2. The van der Waals surface area contributed by atoms with Gasteiger partial charge in [-0.3, -0.25) is 0 Å². The van der Waals surface area contributed by atoms with Crippen LogP contribution >= 0.6 is 0 Å². The summed E-state index contributed by atoms with van der Waals surface area (Å²) in [4.78, 5) is 11.2. The van der Waals surface area contributed by atoms with Crippen LogP contribution < -0.4 is 0 Å². The first-order valence-electron chi connectivity index (χ1n) is 5.37. The van der Waals surface area contributed by atoms with Crippen LogP contribution in [0.5, 0.6) is 0 Å². The molecule has 0 aliphatic carbocycles. The Kier molecular flexibility index (Phi) is 8.30. The first-order valence-corrected chi connectivity index (χ1v) is 5.37. The van der Waals surface area contributed by atoms with Gasteiger partial charge in [-0.2, -0.15) is 0 Å². The highest BCUT2D eigenvalue weighted by molar-refractivity contribution is 5.81. The fraction of sp³-hybridized carbons (Fsp3) is 0.667. The Morgan fingerprint density at radius 2 is 2.21 bits per heavy atom. The van der Waals surface area contributed by atoms with Crippen molar-refractivity contribution in [3.8, 4) is 0 Å². The van der Waals surface area contributed by atoms with Gasteiger partial charge >= 0.3 is 5.97 Å². The molecule has 1 radical (unpaired) electrons. The number of hydrogen-bond donors (Lipinski definition) is 0. The molecule has 0 aliphatic heterocycles. The van der Waals surface area contributed by atoms with Crippen molar-refractivity contribution in [2.24, 2.45) is 0 Å². The summed E-state index contributed by atoms with van der Waals surface area (Å²) in [6, 6.07) is 0. The summed E-state index contributed by atoms with van der Waals surface area (Å²) < 4.78 is 5.27. The number of esters is 1. The molecule has 0 saturated heterocycles. The predicted molar refractivity (Wildman–Crippen MR) is 58.8 cm³/mol. The monoisotopic (exact) mass is 197 g/mol. The van der Waals surface area contributed by atoms with Crippen molar-refractivity contribution in [1.82, 2.24) is 0 Å². The lowest BCUT2D eigenvalue weighted by atomic mass is 10.1. The first kappa shape index (κ1) is 13.2. The van der Waals surface area contributed by atoms with E-state index in [2.05, 4.69) is 13.8 Å². The van der Waals surface area contributed by atoms with E-state index < -0.39 is 0 Å². The van der Waals surface area contributed by atoms with Crippen LogP contribution in [0.4, 0.5) is 0 Å². The summed E-state index contributed by atoms with van der Waals surface area (Å²) in [5.74, 6) is -0.234. The zero-order valence-electron chi connectivity index (χ0n) is 9.29. The second-order valence-corrected chi connectivity index (χ2v) is 3.34. The lowest BCUT2D eigenvalue weighted by Gasteiger charge is -2.15. The van der Waals surface area contributed by atoms with E-state index in [1.165, 1.54) is 6.08 Å². The number of hydrogen-bond acceptors (Lipinski definition) is 2. The van der Waals surface area contributed by atoms with Crippen LogP contribution in [0.25, 0.3) is 0 Å². The Hall–Kier alpha value is -0.790. The SMILES string of the molecule is [CH2]CCC(CCCC)OC(=O)C=CC. The minimum atomic E-state index is -0.234. The molecule has 0 aromatic carbocycles. The van der Waals surface area contributed by atoms with Crippen molar-refractivity contribution >= 4 is 5.97 Å². The molecule has 0 spiro atoms. The molecule has 0 aromatic heterocycles. The minimum absolute atomic E-state index is 0.0520. The third-order valence-corrected chi connectivity index (χ3v) is 1.99. The Bertz CT molecular complexity index is 173. The molecule has 0 saturated carbocycles. The molecule has 0 rings (SSSR count). The molecule has 2 nitrogen and oxygen atoms in total. The Morgan fingerprint density at radius 1 is 1.50 bits per heavy atom. The van der Waals surface area contributed by atoms with E-state index in [1.807, 2.05) is 6.92 Å².